The number of halogens is 2. The maximum Gasteiger partial charge on any atom is 0.339 e. The van der Waals surface area contributed by atoms with E-state index in [1.54, 1.807) is 7.11 Å². The van der Waals surface area contributed by atoms with Crippen molar-refractivity contribution in [3.8, 4) is 0 Å². The van der Waals surface area contributed by atoms with Crippen molar-refractivity contribution in [1.82, 2.24) is 0 Å². The number of hydrogen-bond acceptors (Lipinski definition) is 5. The van der Waals surface area contributed by atoms with E-state index in [1.165, 1.54) is 0 Å². The number of carbonyl (C=O) groups is 1. The summed E-state index contributed by atoms with van der Waals surface area (Å²) in [5.41, 5.74) is -0.899. The van der Waals surface area contributed by atoms with Crippen molar-refractivity contribution in [2.24, 2.45) is 0 Å². The third-order valence-electron chi connectivity index (χ3n) is 2.93. The number of esters is 1. The number of benzene rings is 1. The minimum Gasteiger partial charge on any atom is -0.462 e. The van der Waals surface area contributed by atoms with Gasteiger partial charge < -0.3 is 9.47 Å². The average molecular weight is 336 g/mol. The Labute approximate surface area is 132 Å². The highest BCUT2D eigenvalue weighted by molar-refractivity contribution is 6.43. The summed E-state index contributed by atoms with van der Waals surface area (Å²) in [6, 6.07) is 2.12. The predicted octanol–water partition coefficient (Wildman–Crippen LogP) is 3.87. The maximum atomic E-state index is 11.9. The van der Waals surface area contributed by atoms with Crippen molar-refractivity contribution < 1.29 is 19.2 Å². The van der Waals surface area contributed by atoms with Crippen LogP contribution in [-0.4, -0.2) is 30.2 Å². The molecule has 0 heterocycles. The van der Waals surface area contributed by atoms with Crippen molar-refractivity contribution in [3.05, 3.63) is 37.9 Å². The molecule has 0 aliphatic rings. The van der Waals surface area contributed by atoms with Crippen LogP contribution in [0.2, 0.25) is 10.0 Å². The second-order valence-electron chi connectivity index (χ2n) is 4.90. The van der Waals surface area contributed by atoms with E-state index in [0.717, 1.165) is 12.1 Å². The van der Waals surface area contributed by atoms with Crippen LogP contribution in [0.3, 0.4) is 0 Å². The molecule has 0 aliphatic heterocycles. The summed E-state index contributed by atoms with van der Waals surface area (Å²) in [6.45, 7) is 3.78. The van der Waals surface area contributed by atoms with Gasteiger partial charge in [0.25, 0.3) is 5.69 Å². The zero-order valence-electron chi connectivity index (χ0n) is 11.8. The normalized spacial score (nSPS) is 11.3. The first-order valence-corrected chi connectivity index (χ1v) is 6.79. The lowest BCUT2D eigenvalue weighted by molar-refractivity contribution is -0.384. The van der Waals surface area contributed by atoms with Gasteiger partial charge in [-0.3, -0.25) is 10.1 Å². The van der Waals surface area contributed by atoms with Crippen molar-refractivity contribution >= 4 is 34.9 Å². The third-order valence-corrected chi connectivity index (χ3v) is 3.74. The molecule has 0 fully saturated rings. The number of nitro groups is 1. The summed E-state index contributed by atoms with van der Waals surface area (Å²) < 4.78 is 10.2. The highest BCUT2D eigenvalue weighted by atomic mass is 35.5. The molecule has 0 aromatic heterocycles. The first-order chi connectivity index (χ1) is 9.68. The third kappa shape index (κ3) is 4.84. The molecule has 21 heavy (non-hydrogen) atoms. The van der Waals surface area contributed by atoms with E-state index in [9.17, 15) is 14.9 Å². The second-order valence-corrected chi connectivity index (χ2v) is 5.68. The van der Waals surface area contributed by atoms with Gasteiger partial charge in [-0.25, -0.2) is 4.79 Å². The number of hydrogen-bond donors (Lipinski definition) is 0. The van der Waals surface area contributed by atoms with Gasteiger partial charge in [-0.15, -0.1) is 0 Å². The first-order valence-electron chi connectivity index (χ1n) is 6.03. The van der Waals surface area contributed by atoms with Crippen LogP contribution in [0.4, 0.5) is 5.69 Å². The van der Waals surface area contributed by atoms with E-state index in [1.807, 2.05) is 13.8 Å². The fraction of sp³-hybridized carbons (Fsp3) is 0.462. The average Bonchev–Trinajstić information content (AvgIpc) is 2.41. The molecule has 0 N–H and O–H groups in total. The Hall–Kier alpha value is -1.37. The summed E-state index contributed by atoms with van der Waals surface area (Å²) in [5, 5.41) is 10.6. The Morgan fingerprint density at radius 1 is 1.38 bits per heavy atom. The zero-order valence-corrected chi connectivity index (χ0v) is 13.3. The molecule has 116 valence electrons. The first kappa shape index (κ1) is 17.7. The van der Waals surface area contributed by atoms with Gasteiger partial charge in [0, 0.05) is 25.7 Å². The molecule has 0 unspecified atom stereocenters. The van der Waals surface area contributed by atoms with E-state index in [2.05, 4.69) is 0 Å². The van der Waals surface area contributed by atoms with Crippen LogP contribution in [0.1, 0.15) is 30.6 Å². The molecule has 0 spiro atoms. The molecular formula is C13H15Cl2NO5. The van der Waals surface area contributed by atoms with Gasteiger partial charge in [0.15, 0.2) is 0 Å². The topological polar surface area (TPSA) is 78.7 Å². The number of methoxy groups -OCH3 is 1. The number of non-ortho nitro benzene ring substituents is 1. The Bertz CT molecular complexity index is 560. The summed E-state index contributed by atoms with van der Waals surface area (Å²) in [6.07, 6.45) is 0.468. The second kappa shape index (κ2) is 7.06. The molecule has 1 rings (SSSR count). The summed E-state index contributed by atoms with van der Waals surface area (Å²) in [5.74, 6) is -0.766. The van der Waals surface area contributed by atoms with Crippen LogP contribution in [0, 0.1) is 10.1 Å². The van der Waals surface area contributed by atoms with E-state index >= 15 is 0 Å². The number of ether oxygens (including phenoxy) is 2. The molecule has 0 amide bonds. The predicted molar refractivity (Wildman–Crippen MR) is 79.1 cm³/mol. The lowest BCUT2D eigenvalue weighted by Crippen LogP contribution is -2.25. The van der Waals surface area contributed by atoms with Gasteiger partial charge in [-0.2, -0.15) is 0 Å². The Balaban J connectivity index is 2.85. The minimum atomic E-state index is -0.766. The fourth-order valence-corrected chi connectivity index (χ4v) is 1.80. The van der Waals surface area contributed by atoms with Gasteiger partial charge in [0.1, 0.15) is 0 Å². The Kier molecular flexibility index (Phi) is 5.95. The van der Waals surface area contributed by atoms with Gasteiger partial charge >= 0.3 is 5.97 Å². The number of carbonyl (C=O) groups excluding carboxylic acids is 1. The van der Waals surface area contributed by atoms with Crippen molar-refractivity contribution in [1.29, 1.82) is 0 Å². The number of nitro benzene ring substituents is 1. The lowest BCUT2D eigenvalue weighted by atomic mass is 10.1. The van der Waals surface area contributed by atoms with E-state index in [0.29, 0.717) is 6.42 Å². The SMILES string of the molecule is COC(C)(C)CCOC(=O)c1cc([N+](=O)[O-])cc(Cl)c1Cl. The highest BCUT2D eigenvalue weighted by Crippen LogP contribution is 2.31. The molecule has 0 radical (unpaired) electrons. The monoisotopic (exact) mass is 335 g/mol. The summed E-state index contributed by atoms with van der Waals surface area (Å²) >= 11 is 11.7. The van der Waals surface area contributed by atoms with E-state index < -0.39 is 16.5 Å². The molecule has 0 atom stereocenters. The van der Waals surface area contributed by atoms with Crippen molar-refractivity contribution in [2.75, 3.05) is 13.7 Å². The van der Waals surface area contributed by atoms with Crippen molar-refractivity contribution in [3.63, 3.8) is 0 Å². The number of rotatable bonds is 6. The minimum absolute atomic E-state index is 0.0710. The lowest BCUT2D eigenvalue weighted by Gasteiger charge is -2.22. The quantitative estimate of drug-likeness (QED) is 0.448. The standard InChI is InChI=1S/C13H15Cl2NO5/c1-13(2,20-3)4-5-21-12(17)9-6-8(16(18)19)7-10(14)11(9)15/h6-7H,4-5H2,1-3H3. The van der Waals surface area contributed by atoms with Gasteiger partial charge in [-0.1, -0.05) is 23.2 Å². The van der Waals surface area contributed by atoms with Gasteiger partial charge in [-0.05, 0) is 13.8 Å². The zero-order chi connectivity index (χ0) is 16.2. The van der Waals surface area contributed by atoms with E-state index in [4.69, 9.17) is 32.7 Å². The van der Waals surface area contributed by atoms with Crippen LogP contribution < -0.4 is 0 Å². The highest BCUT2D eigenvalue weighted by Gasteiger charge is 2.22. The Morgan fingerprint density at radius 2 is 2.00 bits per heavy atom. The van der Waals surface area contributed by atoms with Gasteiger partial charge in [0.2, 0.25) is 0 Å². The van der Waals surface area contributed by atoms with Crippen LogP contribution in [0.25, 0.3) is 0 Å². The molecule has 1 aromatic carbocycles. The molecule has 6 nitrogen and oxygen atoms in total. The van der Waals surface area contributed by atoms with Gasteiger partial charge in [0.05, 0.1) is 32.7 Å². The molecule has 1 aromatic rings. The molecule has 0 saturated heterocycles. The van der Waals surface area contributed by atoms with Crippen LogP contribution in [0.5, 0.6) is 0 Å². The van der Waals surface area contributed by atoms with E-state index in [-0.39, 0.29) is 27.9 Å². The molecule has 8 heteroatoms. The molecule has 0 bridgehead atoms. The largest absolute Gasteiger partial charge is 0.462 e. The van der Waals surface area contributed by atoms with Crippen LogP contribution in [-0.2, 0) is 9.47 Å². The van der Waals surface area contributed by atoms with Crippen molar-refractivity contribution in [2.45, 2.75) is 25.9 Å². The van der Waals surface area contributed by atoms with Crippen LogP contribution in [0.15, 0.2) is 12.1 Å². The molecule has 0 aliphatic carbocycles. The fourth-order valence-electron chi connectivity index (χ4n) is 1.40. The summed E-state index contributed by atoms with van der Waals surface area (Å²) in [4.78, 5) is 22.0. The maximum absolute atomic E-state index is 11.9. The Morgan fingerprint density at radius 3 is 2.52 bits per heavy atom. The smallest absolute Gasteiger partial charge is 0.339 e. The summed E-state index contributed by atoms with van der Waals surface area (Å²) in [7, 11) is 1.55. The van der Waals surface area contributed by atoms with Crippen LogP contribution >= 0.6 is 23.2 Å². The molecular weight excluding hydrogens is 321 g/mol. The number of nitrogens with zero attached hydrogens (tertiary/aromatic N) is 1. The molecule has 0 saturated carbocycles.